The summed E-state index contributed by atoms with van der Waals surface area (Å²) in [5.41, 5.74) is 2.10. The number of aryl methyl sites for hydroxylation is 1. The van der Waals surface area contributed by atoms with Gasteiger partial charge < -0.3 is 5.11 Å². The number of nitrogens with zero attached hydrogens (tertiary/aromatic N) is 1. The van der Waals surface area contributed by atoms with Crippen LogP contribution in [0.1, 0.15) is 32.0 Å². The van der Waals surface area contributed by atoms with Crippen molar-refractivity contribution in [2.45, 2.75) is 27.2 Å². The first-order chi connectivity index (χ1) is 9.42. The molecule has 1 aromatic carbocycles. The lowest BCUT2D eigenvalue weighted by atomic mass is 9.92. The quantitative estimate of drug-likeness (QED) is 0.915. The van der Waals surface area contributed by atoms with Gasteiger partial charge in [-0.15, -0.1) is 0 Å². The van der Waals surface area contributed by atoms with Crippen LogP contribution < -0.4 is 0 Å². The van der Waals surface area contributed by atoms with Crippen molar-refractivity contribution in [1.29, 1.82) is 0 Å². The number of fused-ring (bicyclic) bond motifs is 1. The highest BCUT2D eigenvalue weighted by molar-refractivity contribution is 5.82. The summed E-state index contributed by atoms with van der Waals surface area (Å²) in [7, 11) is 0. The summed E-state index contributed by atoms with van der Waals surface area (Å²) in [6.45, 7) is 5.44. The molecule has 0 aliphatic heterocycles. The van der Waals surface area contributed by atoms with E-state index in [4.69, 9.17) is 5.11 Å². The van der Waals surface area contributed by atoms with E-state index < -0.39 is 11.4 Å². The molecule has 0 aliphatic carbocycles. The maximum Gasteiger partial charge on any atom is 0.312 e. The van der Waals surface area contributed by atoms with Crippen LogP contribution in [-0.2, 0) is 11.2 Å². The summed E-state index contributed by atoms with van der Waals surface area (Å²) >= 11 is 0. The minimum Gasteiger partial charge on any atom is -0.481 e. The minimum absolute atomic E-state index is 0.832. The lowest BCUT2D eigenvalue weighted by Crippen LogP contribution is -2.20. The molecule has 3 nitrogen and oxygen atoms in total. The fourth-order valence-corrected chi connectivity index (χ4v) is 1.85. The lowest BCUT2D eigenvalue weighted by Gasteiger charge is -2.13. The second-order valence-electron chi connectivity index (χ2n) is 5.47. The predicted octanol–water partition coefficient (Wildman–Crippen LogP) is 3.92. The van der Waals surface area contributed by atoms with Crippen LogP contribution in [0.3, 0.4) is 0 Å². The Morgan fingerprint density at radius 2 is 2.00 bits per heavy atom. The summed E-state index contributed by atoms with van der Waals surface area (Å²) < 4.78 is 0. The van der Waals surface area contributed by atoms with Crippen molar-refractivity contribution in [3.8, 4) is 0 Å². The van der Waals surface area contributed by atoms with Crippen LogP contribution in [0.4, 0.5) is 0 Å². The molecule has 0 aliphatic rings. The Hall–Kier alpha value is -2.16. The first kappa shape index (κ1) is 14.3. The standard InChI is InChI=1S/C17H19NO2/c1-4-14-8-7-13-6-5-12(11-15(13)18-14)9-10-17(2,3)16(19)20/h5-11H,4H2,1-3H3,(H,19,20)/b10-9+. The largest absolute Gasteiger partial charge is 0.481 e. The number of hydrogen-bond acceptors (Lipinski definition) is 2. The third-order valence-corrected chi connectivity index (χ3v) is 3.38. The van der Waals surface area contributed by atoms with Crippen LogP contribution in [0.2, 0.25) is 0 Å². The molecule has 0 fully saturated rings. The third-order valence-electron chi connectivity index (χ3n) is 3.38. The molecule has 1 heterocycles. The Kier molecular flexibility index (Phi) is 3.89. The SMILES string of the molecule is CCc1ccc2ccc(/C=C/C(C)(C)C(=O)O)cc2n1. The Balaban J connectivity index is 2.36. The van der Waals surface area contributed by atoms with E-state index in [9.17, 15) is 4.79 Å². The Morgan fingerprint density at radius 3 is 2.65 bits per heavy atom. The fraction of sp³-hybridized carbons (Fsp3) is 0.294. The summed E-state index contributed by atoms with van der Waals surface area (Å²) in [5.74, 6) is -0.832. The highest BCUT2D eigenvalue weighted by Crippen LogP contribution is 2.21. The van der Waals surface area contributed by atoms with Gasteiger partial charge in [-0.1, -0.05) is 37.3 Å². The summed E-state index contributed by atoms with van der Waals surface area (Å²) in [4.78, 5) is 15.7. The molecule has 1 aromatic heterocycles. The van der Waals surface area contributed by atoms with Crippen molar-refractivity contribution >= 4 is 22.9 Å². The molecule has 0 atom stereocenters. The number of aliphatic carboxylic acids is 1. The molecule has 3 heteroatoms. The highest BCUT2D eigenvalue weighted by Gasteiger charge is 2.22. The number of pyridine rings is 1. The monoisotopic (exact) mass is 269 g/mol. The number of rotatable bonds is 4. The Labute approximate surface area is 119 Å². The first-order valence-electron chi connectivity index (χ1n) is 6.75. The molecule has 0 saturated carbocycles. The number of hydrogen-bond donors (Lipinski definition) is 1. The van der Waals surface area contributed by atoms with Crippen LogP contribution in [0.25, 0.3) is 17.0 Å². The van der Waals surface area contributed by atoms with Crippen molar-refractivity contribution < 1.29 is 9.90 Å². The predicted molar refractivity (Wildman–Crippen MR) is 81.6 cm³/mol. The van der Waals surface area contributed by atoms with E-state index in [0.717, 1.165) is 28.6 Å². The summed E-state index contributed by atoms with van der Waals surface area (Å²) in [6, 6.07) is 10.1. The van der Waals surface area contributed by atoms with E-state index in [2.05, 4.69) is 18.0 Å². The van der Waals surface area contributed by atoms with Crippen LogP contribution in [0.5, 0.6) is 0 Å². The first-order valence-corrected chi connectivity index (χ1v) is 6.75. The van der Waals surface area contributed by atoms with E-state index in [-0.39, 0.29) is 0 Å². The second-order valence-corrected chi connectivity index (χ2v) is 5.47. The normalized spacial score (nSPS) is 12.2. The molecule has 0 bridgehead atoms. The van der Waals surface area contributed by atoms with E-state index >= 15 is 0 Å². The van der Waals surface area contributed by atoms with Gasteiger partial charge in [0, 0.05) is 11.1 Å². The molecule has 0 saturated heterocycles. The topological polar surface area (TPSA) is 50.2 Å². The number of benzene rings is 1. The number of carboxylic acids is 1. The van der Waals surface area contributed by atoms with E-state index in [1.54, 1.807) is 19.9 Å². The zero-order valence-electron chi connectivity index (χ0n) is 12.1. The van der Waals surface area contributed by atoms with E-state index in [1.165, 1.54) is 0 Å². The fourth-order valence-electron chi connectivity index (χ4n) is 1.85. The number of aromatic nitrogens is 1. The number of carboxylic acid groups (broad SMARTS) is 1. The van der Waals surface area contributed by atoms with Crippen molar-refractivity contribution in [3.63, 3.8) is 0 Å². The lowest BCUT2D eigenvalue weighted by molar-refractivity contribution is -0.144. The maximum atomic E-state index is 11.1. The molecule has 2 rings (SSSR count). The molecular formula is C17H19NO2. The smallest absolute Gasteiger partial charge is 0.312 e. The second kappa shape index (κ2) is 5.45. The van der Waals surface area contributed by atoms with Gasteiger partial charge in [0.05, 0.1) is 10.9 Å². The van der Waals surface area contributed by atoms with Crippen molar-refractivity contribution in [2.24, 2.45) is 5.41 Å². The molecule has 0 radical (unpaired) electrons. The average Bonchev–Trinajstić information content (AvgIpc) is 2.44. The van der Waals surface area contributed by atoms with Gasteiger partial charge in [-0.05, 0) is 38.0 Å². The minimum atomic E-state index is -0.867. The summed E-state index contributed by atoms with van der Waals surface area (Å²) in [5, 5.41) is 10.2. The van der Waals surface area contributed by atoms with E-state index in [0.29, 0.717) is 0 Å². The zero-order valence-corrected chi connectivity index (χ0v) is 12.1. The van der Waals surface area contributed by atoms with Gasteiger partial charge in [0.2, 0.25) is 0 Å². The van der Waals surface area contributed by atoms with Gasteiger partial charge in [0.15, 0.2) is 0 Å². The number of carbonyl (C=O) groups is 1. The van der Waals surface area contributed by atoms with Gasteiger partial charge in [-0.25, -0.2) is 0 Å². The van der Waals surface area contributed by atoms with Gasteiger partial charge in [0.1, 0.15) is 0 Å². The van der Waals surface area contributed by atoms with Crippen LogP contribution in [-0.4, -0.2) is 16.1 Å². The van der Waals surface area contributed by atoms with E-state index in [1.807, 2.05) is 30.3 Å². The molecule has 104 valence electrons. The van der Waals surface area contributed by atoms with Gasteiger partial charge in [-0.2, -0.15) is 0 Å². The Morgan fingerprint density at radius 1 is 1.30 bits per heavy atom. The molecule has 0 amide bonds. The van der Waals surface area contributed by atoms with Crippen molar-refractivity contribution in [2.75, 3.05) is 0 Å². The molecule has 0 spiro atoms. The van der Waals surface area contributed by atoms with Crippen molar-refractivity contribution in [3.05, 3.63) is 47.7 Å². The molecule has 2 aromatic rings. The maximum absolute atomic E-state index is 11.1. The van der Waals surface area contributed by atoms with Gasteiger partial charge >= 0.3 is 5.97 Å². The molecule has 0 unspecified atom stereocenters. The highest BCUT2D eigenvalue weighted by atomic mass is 16.4. The van der Waals surface area contributed by atoms with Crippen molar-refractivity contribution in [1.82, 2.24) is 4.98 Å². The molecular weight excluding hydrogens is 250 g/mol. The molecule has 1 N–H and O–H groups in total. The Bertz CT molecular complexity index is 672. The average molecular weight is 269 g/mol. The third kappa shape index (κ3) is 3.05. The molecule has 20 heavy (non-hydrogen) atoms. The van der Waals surface area contributed by atoms with Crippen LogP contribution >= 0.6 is 0 Å². The van der Waals surface area contributed by atoms with Crippen LogP contribution in [0, 0.1) is 5.41 Å². The van der Waals surface area contributed by atoms with Gasteiger partial charge in [-0.3, -0.25) is 9.78 Å². The summed E-state index contributed by atoms with van der Waals surface area (Å²) in [6.07, 6.45) is 4.45. The zero-order chi connectivity index (χ0) is 14.8. The van der Waals surface area contributed by atoms with Crippen LogP contribution in [0.15, 0.2) is 36.4 Å². The van der Waals surface area contributed by atoms with Gasteiger partial charge in [0.25, 0.3) is 0 Å².